The van der Waals surface area contributed by atoms with Gasteiger partial charge >= 0.3 is 0 Å². The van der Waals surface area contributed by atoms with Gasteiger partial charge in [-0.2, -0.15) is 5.10 Å². The van der Waals surface area contributed by atoms with Crippen molar-refractivity contribution in [3.63, 3.8) is 0 Å². The molecule has 0 saturated carbocycles. The second kappa shape index (κ2) is 9.37. The zero-order valence-electron chi connectivity index (χ0n) is 13.1. The van der Waals surface area contributed by atoms with Crippen LogP contribution < -0.4 is 14.9 Å². The molecule has 0 heterocycles. The topological polar surface area (TPSA) is 63.1 Å². The molecule has 0 unspecified atom stereocenters. The predicted molar refractivity (Wildman–Crippen MR) is 96.5 cm³/mol. The summed E-state index contributed by atoms with van der Waals surface area (Å²) in [5.41, 5.74) is 4.47. The Balaban J connectivity index is 2.04. The second-order valence-corrected chi connectivity index (χ2v) is 5.65. The van der Waals surface area contributed by atoms with E-state index in [0.717, 1.165) is 11.1 Å². The molecule has 0 saturated heterocycles. The molecular formula is C17H18Cl2N2O3. The number of hydrogen-bond donors (Lipinski definition) is 2. The monoisotopic (exact) mass is 368 g/mol. The zero-order valence-corrected chi connectivity index (χ0v) is 14.6. The summed E-state index contributed by atoms with van der Waals surface area (Å²) in [5.74, 6) is 1.21. The highest BCUT2D eigenvalue weighted by molar-refractivity contribution is 6.42. The number of methoxy groups -OCH3 is 1. The van der Waals surface area contributed by atoms with E-state index in [2.05, 4.69) is 10.5 Å². The van der Waals surface area contributed by atoms with Crippen LogP contribution in [0.2, 0.25) is 10.0 Å². The Bertz CT molecular complexity index is 708. The number of benzene rings is 2. The molecule has 0 fully saturated rings. The summed E-state index contributed by atoms with van der Waals surface area (Å²) in [4.78, 5) is 0. The quantitative estimate of drug-likeness (QED) is 0.425. The van der Waals surface area contributed by atoms with Crippen molar-refractivity contribution in [2.45, 2.75) is 6.61 Å². The van der Waals surface area contributed by atoms with Crippen molar-refractivity contribution in [1.82, 2.24) is 5.43 Å². The predicted octanol–water partition coefficient (Wildman–Crippen LogP) is 3.50. The van der Waals surface area contributed by atoms with Crippen molar-refractivity contribution in [3.8, 4) is 11.5 Å². The molecule has 0 bridgehead atoms. The minimum atomic E-state index is 0.0299. The molecule has 0 atom stereocenters. The molecule has 2 aromatic rings. The highest BCUT2D eigenvalue weighted by atomic mass is 35.5. The van der Waals surface area contributed by atoms with E-state index in [9.17, 15) is 0 Å². The van der Waals surface area contributed by atoms with E-state index in [1.807, 2.05) is 24.3 Å². The SMILES string of the molecule is COc1cc(/C=N/NCCO)ccc1OCc1ccc(Cl)c(Cl)c1. The summed E-state index contributed by atoms with van der Waals surface area (Å²) in [6.45, 7) is 0.777. The van der Waals surface area contributed by atoms with Gasteiger partial charge in [0.25, 0.3) is 0 Å². The molecule has 2 N–H and O–H groups in total. The Morgan fingerprint density at radius 3 is 2.67 bits per heavy atom. The van der Waals surface area contributed by atoms with Crippen molar-refractivity contribution >= 4 is 29.4 Å². The molecule has 0 radical (unpaired) electrons. The summed E-state index contributed by atoms with van der Waals surface area (Å²) in [6.07, 6.45) is 1.64. The number of rotatable bonds is 8. The first-order valence-electron chi connectivity index (χ1n) is 7.25. The Hall–Kier alpha value is -1.95. The molecule has 128 valence electrons. The lowest BCUT2D eigenvalue weighted by molar-refractivity contribution is 0.284. The third-order valence-electron chi connectivity index (χ3n) is 3.09. The fourth-order valence-corrected chi connectivity index (χ4v) is 2.23. The number of ether oxygens (including phenoxy) is 2. The van der Waals surface area contributed by atoms with E-state index >= 15 is 0 Å². The molecule has 0 aromatic heterocycles. The van der Waals surface area contributed by atoms with Gasteiger partial charge in [-0.25, -0.2) is 0 Å². The number of hydrazone groups is 1. The van der Waals surface area contributed by atoms with Crippen molar-refractivity contribution < 1.29 is 14.6 Å². The molecule has 7 heteroatoms. The molecule has 0 amide bonds. The van der Waals surface area contributed by atoms with Crippen LogP contribution in [0.15, 0.2) is 41.5 Å². The van der Waals surface area contributed by atoms with Gasteiger partial charge in [0.15, 0.2) is 11.5 Å². The van der Waals surface area contributed by atoms with Gasteiger partial charge in [0.2, 0.25) is 0 Å². The Morgan fingerprint density at radius 1 is 1.12 bits per heavy atom. The number of halogens is 2. The lowest BCUT2D eigenvalue weighted by atomic mass is 10.2. The first-order chi connectivity index (χ1) is 11.6. The van der Waals surface area contributed by atoms with Crippen LogP contribution in [0, 0.1) is 0 Å². The van der Waals surface area contributed by atoms with Crippen molar-refractivity contribution in [2.75, 3.05) is 20.3 Å². The van der Waals surface area contributed by atoms with Gasteiger partial charge < -0.3 is 20.0 Å². The van der Waals surface area contributed by atoms with Gasteiger partial charge in [-0.3, -0.25) is 0 Å². The Morgan fingerprint density at radius 2 is 1.96 bits per heavy atom. The summed E-state index contributed by atoms with van der Waals surface area (Å²) in [5, 5.41) is 13.7. The van der Waals surface area contributed by atoms with Crippen molar-refractivity contribution in [1.29, 1.82) is 0 Å². The minimum absolute atomic E-state index is 0.0299. The van der Waals surface area contributed by atoms with Crippen molar-refractivity contribution in [3.05, 3.63) is 57.6 Å². The highest BCUT2D eigenvalue weighted by Crippen LogP contribution is 2.29. The van der Waals surface area contributed by atoms with Crippen LogP contribution in [0.25, 0.3) is 0 Å². The number of aliphatic hydroxyl groups excluding tert-OH is 1. The van der Waals surface area contributed by atoms with E-state index in [1.54, 1.807) is 25.5 Å². The van der Waals surface area contributed by atoms with Gasteiger partial charge in [-0.05, 0) is 41.5 Å². The molecule has 5 nitrogen and oxygen atoms in total. The molecule has 24 heavy (non-hydrogen) atoms. The summed E-state index contributed by atoms with van der Waals surface area (Å²) in [6, 6.07) is 10.8. The van der Waals surface area contributed by atoms with Gasteiger partial charge in [0.1, 0.15) is 6.61 Å². The number of aliphatic hydroxyl groups is 1. The molecule has 2 aromatic carbocycles. The third kappa shape index (κ3) is 5.30. The highest BCUT2D eigenvalue weighted by Gasteiger charge is 2.06. The zero-order chi connectivity index (χ0) is 17.4. The molecule has 0 aliphatic heterocycles. The van der Waals surface area contributed by atoms with E-state index in [0.29, 0.717) is 34.7 Å². The molecular weight excluding hydrogens is 351 g/mol. The number of nitrogens with zero attached hydrogens (tertiary/aromatic N) is 1. The summed E-state index contributed by atoms with van der Waals surface area (Å²) >= 11 is 11.9. The molecule has 0 spiro atoms. The van der Waals surface area contributed by atoms with Crippen LogP contribution in [-0.4, -0.2) is 31.6 Å². The molecule has 2 rings (SSSR count). The lowest BCUT2D eigenvalue weighted by Gasteiger charge is -2.11. The largest absolute Gasteiger partial charge is 0.493 e. The van der Waals surface area contributed by atoms with E-state index in [-0.39, 0.29) is 6.61 Å². The maximum Gasteiger partial charge on any atom is 0.161 e. The van der Waals surface area contributed by atoms with Crippen LogP contribution in [0.1, 0.15) is 11.1 Å². The Kier molecular flexibility index (Phi) is 7.18. The minimum Gasteiger partial charge on any atom is -0.493 e. The van der Waals surface area contributed by atoms with Gasteiger partial charge in [0, 0.05) is 0 Å². The fraction of sp³-hybridized carbons (Fsp3) is 0.235. The fourth-order valence-electron chi connectivity index (χ4n) is 1.91. The van der Waals surface area contributed by atoms with Crippen LogP contribution in [0.4, 0.5) is 0 Å². The van der Waals surface area contributed by atoms with Crippen LogP contribution in [-0.2, 0) is 6.61 Å². The van der Waals surface area contributed by atoms with Crippen molar-refractivity contribution in [2.24, 2.45) is 5.10 Å². The van der Waals surface area contributed by atoms with E-state index in [1.165, 1.54) is 0 Å². The second-order valence-electron chi connectivity index (χ2n) is 4.84. The normalized spacial score (nSPS) is 10.8. The molecule has 0 aliphatic rings. The van der Waals surface area contributed by atoms with Gasteiger partial charge in [-0.1, -0.05) is 29.3 Å². The van der Waals surface area contributed by atoms with Crippen LogP contribution in [0.5, 0.6) is 11.5 Å². The van der Waals surface area contributed by atoms with Crippen LogP contribution >= 0.6 is 23.2 Å². The third-order valence-corrected chi connectivity index (χ3v) is 3.83. The smallest absolute Gasteiger partial charge is 0.161 e. The van der Waals surface area contributed by atoms with Crippen LogP contribution in [0.3, 0.4) is 0 Å². The summed E-state index contributed by atoms with van der Waals surface area (Å²) in [7, 11) is 1.58. The number of hydrogen-bond acceptors (Lipinski definition) is 5. The maximum absolute atomic E-state index is 8.68. The maximum atomic E-state index is 8.68. The molecule has 0 aliphatic carbocycles. The lowest BCUT2D eigenvalue weighted by Crippen LogP contribution is -2.11. The summed E-state index contributed by atoms with van der Waals surface area (Å²) < 4.78 is 11.1. The first-order valence-corrected chi connectivity index (χ1v) is 8.01. The average Bonchev–Trinajstić information content (AvgIpc) is 2.60. The standard InChI is InChI=1S/C17H18Cl2N2O3/c1-23-17-9-12(10-21-20-6-7-22)3-5-16(17)24-11-13-2-4-14(18)15(19)8-13/h2-5,8-10,20,22H,6-7,11H2,1H3/b21-10+. The van der Waals surface area contributed by atoms with Gasteiger partial charge in [0.05, 0.1) is 36.5 Å². The Labute approximate surface area is 150 Å². The van der Waals surface area contributed by atoms with E-state index in [4.69, 9.17) is 37.8 Å². The van der Waals surface area contributed by atoms with E-state index < -0.39 is 0 Å². The average molecular weight is 369 g/mol. The number of nitrogens with one attached hydrogen (secondary N) is 1. The van der Waals surface area contributed by atoms with Gasteiger partial charge in [-0.15, -0.1) is 0 Å². The first kappa shape index (κ1) is 18.4.